The van der Waals surface area contributed by atoms with Gasteiger partial charge in [-0.2, -0.15) is 0 Å². The largest absolute Gasteiger partial charge is 0.393 e. The maximum atomic E-state index is 14.4. The molecule has 7 rings (SSSR count). The van der Waals surface area contributed by atoms with Crippen molar-refractivity contribution in [2.24, 2.45) is 33.5 Å². The lowest BCUT2D eigenvalue weighted by Crippen LogP contribution is -2.67. The van der Waals surface area contributed by atoms with Gasteiger partial charge in [0.05, 0.1) is 16.6 Å². The number of Topliss-reactive ketones (excluding diaryl/α,β-unsaturated/α-hetero) is 1. The number of nitrogens with zero attached hydrogens (tertiary/aromatic N) is 1. The van der Waals surface area contributed by atoms with E-state index >= 15 is 0 Å². The molecule has 8 atom stereocenters. The van der Waals surface area contributed by atoms with Crippen molar-refractivity contribution in [1.82, 2.24) is 4.90 Å². The van der Waals surface area contributed by atoms with Gasteiger partial charge in [0.2, 0.25) is 0 Å². The third kappa shape index (κ3) is 3.27. The fourth-order valence-corrected chi connectivity index (χ4v) is 11.0. The van der Waals surface area contributed by atoms with Gasteiger partial charge < -0.3 is 15.1 Å². The summed E-state index contributed by atoms with van der Waals surface area (Å²) in [5.41, 5.74) is -0.624. The van der Waals surface area contributed by atoms with Crippen molar-refractivity contribution >= 4 is 17.1 Å². The molecule has 2 N–H and O–H groups in total. The van der Waals surface area contributed by atoms with Crippen LogP contribution in [0, 0.1) is 40.4 Å². The Kier molecular flexibility index (Phi) is 5.87. The van der Waals surface area contributed by atoms with Gasteiger partial charge in [-0.25, -0.2) is 0 Å². The lowest BCUT2D eigenvalue weighted by molar-refractivity contribution is -0.175. The number of allylic oxidation sites excluding steroid dienone is 4. The second-order valence-corrected chi connectivity index (χ2v) is 15.1. The average Bonchev–Trinajstić information content (AvgIpc) is 3.39. The fraction of sp³-hybridized carbons (Fsp3) is 0.719. The Labute approximate surface area is 226 Å². The van der Waals surface area contributed by atoms with Crippen molar-refractivity contribution < 1.29 is 15.0 Å². The molecule has 1 unspecified atom stereocenters. The van der Waals surface area contributed by atoms with Gasteiger partial charge >= 0.3 is 0 Å². The molecule has 6 aliphatic rings. The Morgan fingerprint density at radius 2 is 1.78 bits per heavy atom. The van der Waals surface area contributed by atoms with Crippen LogP contribution in [0.5, 0.6) is 0 Å². The normalized spacial score (nSPS) is 45.9. The molecule has 0 radical (unpaired) electrons. The molecule has 2 bridgehead atoms. The number of likely N-dealkylation sites (N-methyl/N-ethyl adjacent to an activating group) is 1. The van der Waals surface area contributed by atoms with Crippen LogP contribution in [0.4, 0.5) is 0 Å². The first-order chi connectivity index (χ1) is 17.4. The lowest BCUT2D eigenvalue weighted by atomic mass is 9.32. The zero-order chi connectivity index (χ0) is 26.4. The molecule has 0 amide bonds. The SMILES string of the molecule is CCCN(C)C[C@]1(O)CC[C@H]2[C@]34C=C[C@@]5(C=C3C(=O)c3ccc(C)s3)CC(O)CC[C@]5(C)[C@H]4CC[C@@]21C. The first-order valence-electron chi connectivity index (χ1n) is 14.6. The van der Waals surface area contributed by atoms with Crippen LogP contribution in [0.15, 0.2) is 35.9 Å². The third-order valence-corrected chi connectivity index (χ3v) is 13.1. The van der Waals surface area contributed by atoms with E-state index in [4.69, 9.17) is 0 Å². The molecule has 37 heavy (non-hydrogen) atoms. The Morgan fingerprint density at radius 3 is 2.49 bits per heavy atom. The third-order valence-electron chi connectivity index (χ3n) is 12.1. The first-order valence-corrected chi connectivity index (χ1v) is 15.4. The minimum atomic E-state index is -0.752. The van der Waals surface area contributed by atoms with Gasteiger partial charge in [-0.1, -0.05) is 39.0 Å². The van der Waals surface area contributed by atoms with Gasteiger partial charge in [0.25, 0.3) is 0 Å². The van der Waals surface area contributed by atoms with Crippen LogP contribution in [0.1, 0.15) is 86.7 Å². The molecule has 0 aromatic carbocycles. The highest BCUT2D eigenvalue weighted by Gasteiger charge is 2.74. The van der Waals surface area contributed by atoms with Crippen LogP contribution in [0.2, 0.25) is 0 Å². The zero-order valence-electron chi connectivity index (χ0n) is 23.3. The van der Waals surface area contributed by atoms with E-state index in [-0.39, 0.29) is 39.5 Å². The summed E-state index contributed by atoms with van der Waals surface area (Å²) in [5, 5.41) is 23.1. The summed E-state index contributed by atoms with van der Waals surface area (Å²) in [6.07, 6.45) is 14.2. The van der Waals surface area contributed by atoms with E-state index in [9.17, 15) is 15.0 Å². The van der Waals surface area contributed by atoms with Crippen LogP contribution >= 0.6 is 11.3 Å². The monoisotopic (exact) mass is 523 g/mol. The maximum absolute atomic E-state index is 14.4. The number of aryl methyl sites for hydroxylation is 1. The van der Waals surface area contributed by atoms with Gasteiger partial charge in [-0.3, -0.25) is 4.79 Å². The van der Waals surface area contributed by atoms with Crippen LogP contribution in [-0.2, 0) is 0 Å². The van der Waals surface area contributed by atoms with Gasteiger partial charge in [0, 0.05) is 33.2 Å². The molecule has 2 spiro atoms. The highest BCUT2D eigenvalue weighted by atomic mass is 32.1. The number of aliphatic hydroxyl groups is 2. The molecular formula is C32H45NO3S. The van der Waals surface area contributed by atoms with E-state index in [1.54, 1.807) is 11.3 Å². The molecule has 1 aromatic heterocycles. The Balaban J connectivity index is 1.51. The van der Waals surface area contributed by atoms with Crippen LogP contribution in [-0.4, -0.2) is 52.7 Å². The number of aliphatic hydroxyl groups excluding tert-OH is 1. The summed E-state index contributed by atoms with van der Waals surface area (Å²) in [7, 11) is 2.14. The molecule has 6 aliphatic carbocycles. The van der Waals surface area contributed by atoms with E-state index in [0.29, 0.717) is 18.9 Å². The molecule has 3 saturated carbocycles. The standard InChI is InChI=1S/C32H45NO3S/c1-6-17-33(5)20-31(36)14-11-26-29(31,4)13-10-25-28(3)12-9-22(34)18-30(28)15-16-32(25,26)23(19-30)27(35)24-8-7-21(2)37-24/h7-8,15-16,19,22,25-26,34,36H,6,9-14,17-18,20H2,1-5H3/t22?,25-,26-,28-,29+,30+,31-,32-/m1/s1. The Hall–Kier alpha value is -1.27. The Morgan fingerprint density at radius 1 is 1.08 bits per heavy atom. The van der Waals surface area contributed by atoms with Crippen molar-refractivity contribution in [2.45, 2.75) is 90.8 Å². The van der Waals surface area contributed by atoms with E-state index in [0.717, 1.165) is 66.8 Å². The predicted octanol–water partition coefficient (Wildman–Crippen LogP) is 6.17. The summed E-state index contributed by atoms with van der Waals surface area (Å²) < 4.78 is 0. The molecule has 1 heterocycles. The van der Waals surface area contributed by atoms with Gasteiger partial charge in [0.1, 0.15) is 0 Å². The number of carbonyl (C=O) groups is 1. The molecule has 1 aromatic rings. The maximum Gasteiger partial charge on any atom is 0.199 e. The number of thiophene rings is 1. The van der Waals surface area contributed by atoms with E-state index in [2.05, 4.69) is 63.9 Å². The predicted molar refractivity (Wildman–Crippen MR) is 150 cm³/mol. The van der Waals surface area contributed by atoms with Crippen molar-refractivity contribution in [3.05, 3.63) is 45.7 Å². The summed E-state index contributed by atoms with van der Waals surface area (Å²) in [5.74, 6) is 0.765. The summed E-state index contributed by atoms with van der Waals surface area (Å²) in [4.78, 5) is 18.7. The molecule has 0 saturated heterocycles. The van der Waals surface area contributed by atoms with Crippen molar-refractivity contribution in [2.75, 3.05) is 20.1 Å². The van der Waals surface area contributed by atoms with E-state index in [1.165, 1.54) is 0 Å². The van der Waals surface area contributed by atoms with Gasteiger partial charge in [-0.05, 0) is 101 Å². The molecule has 5 heteroatoms. The number of hydrogen-bond acceptors (Lipinski definition) is 5. The van der Waals surface area contributed by atoms with Gasteiger partial charge in [-0.15, -0.1) is 11.3 Å². The second kappa shape index (κ2) is 8.36. The minimum Gasteiger partial charge on any atom is -0.393 e. The molecule has 0 aliphatic heterocycles. The number of rotatable bonds is 6. The van der Waals surface area contributed by atoms with Crippen molar-refractivity contribution in [3.63, 3.8) is 0 Å². The number of ketones is 1. The Bertz CT molecular complexity index is 1170. The van der Waals surface area contributed by atoms with Crippen LogP contribution in [0.25, 0.3) is 0 Å². The summed E-state index contributed by atoms with van der Waals surface area (Å²) in [6.45, 7) is 10.7. The molecule has 3 fully saturated rings. The van der Waals surface area contributed by atoms with E-state index < -0.39 is 5.60 Å². The number of fused-ring (bicyclic) bond motifs is 1. The smallest absolute Gasteiger partial charge is 0.199 e. The van der Waals surface area contributed by atoms with Crippen molar-refractivity contribution in [3.8, 4) is 0 Å². The summed E-state index contributed by atoms with van der Waals surface area (Å²) >= 11 is 1.60. The first kappa shape index (κ1) is 26.0. The summed E-state index contributed by atoms with van der Waals surface area (Å²) in [6, 6.07) is 4.06. The molecular weight excluding hydrogens is 478 g/mol. The highest BCUT2D eigenvalue weighted by molar-refractivity contribution is 7.14. The van der Waals surface area contributed by atoms with Crippen molar-refractivity contribution in [1.29, 1.82) is 0 Å². The molecule has 4 nitrogen and oxygen atoms in total. The minimum absolute atomic E-state index is 0.0250. The van der Waals surface area contributed by atoms with E-state index in [1.807, 2.05) is 6.07 Å². The number of hydrogen-bond donors (Lipinski definition) is 2. The van der Waals surface area contributed by atoms with Crippen LogP contribution < -0.4 is 0 Å². The topological polar surface area (TPSA) is 60.8 Å². The highest BCUT2D eigenvalue weighted by Crippen LogP contribution is 2.78. The molecule has 202 valence electrons. The number of carbonyl (C=O) groups excluding carboxylic acids is 1. The second-order valence-electron chi connectivity index (χ2n) is 13.8. The quantitative estimate of drug-likeness (QED) is 0.346. The fourth-order valence-electron chi connectivity index (χ4n) is 10.2. The van der Waals surface area contributed by atoms with Gasteiger partial charge in [0.15, 0.2) is 5.78 Å². The lowest BCUT2D eigenvalue weighted by Gasteiger charge is -2.71. The average molecular weight is 524 g/mol. The van der Waals surface area contributed by atoms with Crippen LogP contribution in [0.3, 0.4) is 0 Å². The zero-order valence-corrected chi connectivity index (χ0v) is 24.2.